The number of nitrogens with zero attached hydrogens (tertiary/aromatic N) is 3. The summed E-state index contributed by atoms with van der Waals surface area (Å²) >= 11 is 0. The van der Waals surface area contributed by atoms with Crippen LogP contribution >= 0.6 is 0 Å². The summed E-state index contributed by atoms with van der Waals surface area (Å²) in [5.41, 5.74) is 1.82. The van der Waals surface area contributed by atoms with Gasteiger partial charge >= 0.3 is 0 Å². The highest BCUT2D eigenvalue weighted by atomic mass is 16.5. The molecule has 1 aliphatic rings. The summed E-state index contributed by atoms with van der Waals surface area (Å²) in [5.74, 6) is 2.27. The molecule has 0 saturated carbocycles. The summed E-state index contributed by atoms with van der Waals surface area (Å²) in [6, 6.07) is 11.7. The van der Waals surface area contributed by atoms with E-state index in [1.165, 1.54) is 0 Å². The number of carbonyl (C=O) groups is 1. The molecule has 0 spiro atoms. The Morgan fingerprint density at radius 2 is 2.00 bits per heavy atom. The van der Waals surface area contributed by atoms with E-state index in [0.717, 1.165) is 48.8 Å². The first-order valence-electron chi connectivity index (χ1n) is 9.57. The van der Waals surface area contributed by atoms with Crippen LogP contribution < -0.4 is 15.0 Å². The van der Waals surface area contributed by atoms with Crippen LogP contribution in [0.5, 0.6) is 5.75 Å². The molecule has 0 bridgehead atoms. The predicted octanol–water partition coefficient (Wildman–Crippen LogP) is 3.14. The first-order valence-corrected chi connectivity index (χ1v) is 9.57. The summed E-state index contributed by atoms with van der Waals surface area (Å²) < 4.78 is 5.19. The molecule has 3 rings (SSSR count). The fourth-order valence-corrected chi connectivity index (χ4v) is 3.26. The second-order valence-electron chi connectivity index (χ2n) is 7.43. The number of anilines is 1. The molecule has 6 heteroatoms. The number of amides is 1. The second kappa shape index (κ2) is 8.84. The zero-order valence-electron chi connectivity index (χ0n) is 16.3. The Hall–Kier alpha value is -2.63. The Bertz CT molecular complexity index is 744. The fraction of sp³-hybridized carbons (Fsp3) is 0.476. The van der Waals surface area contributed by atoms with Crippen molar-refractivity contribution >= 4 is 11.7 Å². The molecule has 1 aromatic carbocycles. The summed E-state index contributed by atoms with van der Waals surface area (Å²) in [6.07, 6.45) is 1.92. The maximum absolute atomic E-state index is 12.4. The standard InChI is InChI=1S/C21H28N4O2/c1-15(2)13-22-21(26)17-5-4-12-25(14-17)20-11-10-19(23-24-20)16-6-8-18(27-3)9-7-16/h6-11,15,17H,4-5,12-14H2,1-3H3,(H,22,26). The Morgan fingerprint density at radius 1 is 1.22 bits per heavy atom. The minimum atomic E-state index is 0.0144. The van der Waals surface area contributed by atoms with Gasteiger partial charge in [0.25, 0.3) is 0 Å². The second-order valence-corrected chi connectivity index (χ2v) is 7.43. The zero-order chi connectivity index (χ0) is 19.2. The van der Waals surface area contributed by atoms with Crippen molar-refractivity contribution in [2.75, 3.05) is 31.6 Å². The van der Waals surface area contributed by atoms with Crippen molar-refractivity contribution < 1.29 is 9.53 Å². The van der Waals surface area contributed by atoms with Gasteiger partial charge in [-0.3, -0.25) is 4.79 Å². The number of hydrogen-bond donors (Lipinski definition) is 1. The van der Waals surface area contributed by atoms with E-state index >= 15 is 0 Å². The van der Waals surface area contributed by atoms with Crippen molar-refractivity contribution in [1.29, 1.82) is 0 Å². The molecule has 0 radical (unpaired) electrons. The van der Waals surface area contributed by atoms with Gasteiger partial charge in [-0.25, -0.2) is 0 Å². The van der Waals surface area contributed by atoms with Crippen molar-refractivity contribution in [3.63, 3.8) is 0 Å². The van der Waals surface area contributed by atoms with E-state index in [0.29, 0.717) is 12.5 Å². The van der Waals surface area contributed by atoms with Crippen LogP contribution in [0.25, 0.3) is 11.3 Å². The van der Waals surface area contributed by atoms with Gasteiger partial charge < -0.3 is 15.0 Å². The van der Waals surface area contributed by atoms with E-state index in [-0.39, 0.29) is 11.8 Å². The van der Waals surface area contributed by atoms with Crippen LogP contribution in [0.15, 0.2) is 36.4 Å². The molecule has 1 fully saturated rings. The monoisotopic (exact) mass is 368 g/mol. The average molecular weight is 368 g/mol. The first-order chi connectivity index (χ1) is 13.1. The maximum atomic E-state index is 12.4. The predicted molar refractivity (Wildman–Crippen MR) is 107 cm³/mol. The third kappa shape index (κ3) is 4.96. The average Bonchev–Trinajstić information content (AvgIpc) is 2.72. The zero-order valence-corrected chi connectivity index (χ0v) is 16.3. The van der Waals surface area contributed by atoms with E-state index in [1.807, 2.05) is 36.4 Å². The van der Waals surface area contributed by atoms with Crippen LogP contribution in [0.4, 0.5) is 5.82 Å². The van der Waals surface area contributed by atoms with E-state index in [1.54, 1.807) is 7.11 Å². The summed E-state index contributed by atoms with van der Waals surface area (Å²) in [5, 5.41) is 11.8. The molecule has 0 aliphatic carbocycles. The lowest BCUT2D eigenvalue weighted by molar-refractivity contribution is -0.125. The minimum Gasteiger partial charge on any atom is -0.497 e. The molecule has 1 aliphatic heterocycles. The van der Waals surface area contributed by atoms with Gasteiger partial charge in [0.15, 0.2) is 5.82 Å². The van der Waals surface area contributed by atoms with Gasteiger partial charge in [-0.05, 0) is 55.2 Å². The van der Waals surface area contributed by atoms with Crippen molar-refractivity contribution in [1.82, 2.24) is 15.5 Å². The van der Waals surface area contributed by atoms with Crippen molar-refractivity contribution in [2.24, 2.45) is 11.8 Å². The van der Waals surface area contributed by atoms with E-state index in [2.05, 4.69) is 34.3 Å². The molecule has 2 heterocycles. The number of rotatable bonds is 6. The number of nitrogens with one attached hydrogen (secondary N) is 1. The third-order valence-corrected chi connectivity index (χ3v) is 4.84. The lowest BCUT2D eigenvalue weighted by atomic mass is 9.97. The Balaban J connectivity index is 1.64. The quantitative estimate of drug-likeness (QED) is 0.848. The highest BCUT2D eigenvalue weighted by molar-refractivity contribution is 5.79. The summed E-state index contributed by atoms with van der Waals surface area (Å²) in [7, 11) is 1.65. The molecule has 1 atom stereocenters. The van der Waals surface area contributed by atoms with Gasteiger partial charge in [0.1, 0.15) is 5.75 Å². The smallest absolute Gasteiger partial charge is 0.224 e. The Kier molecular flexibility index (Phi) is 6.27. The number of carbonyl (C=O) groups excluding carboxylic acids is 1. The van der Waals surface area contributed by atoms with Gasteiger partial charge in [0.2, 0.25) is 5.91 Å². The van der Waals surface area contributed by atoms with Crippen LogP contribution in [0.2, 0.25) is 0 Å². The molecule has 1 unspecified atom stereocenters. The highest BCUT2D eigenvalue weighted by Gasteiger charge is 2.26. The molecule has 1 N–H and O–H groups in total. The van der Waals surface area contributed by atoms with Crippen LogP contribution in [-0.4, -0.2) is 42.8 Å². The number of hydrogen-bond acceptors (Lipinski definition) is 5. The molecule has 1 amide bonds. The normalized spacial score (nSPS) is 17.0. The SMILES string of the molecule is COc1ccc(-c2ccc(N3CCCC(C(=O)NCC(C)C)C3)nn2)cc1. The minimum absolute atomic E-state index is 0.0144. The van der Waals surface area contributed by atoms with Crippen molar-refractivity contribution in [3.05, 3.63) is 36.4 Å². The lowest BCUT2D eigenvalue weighted by Gasteiger charge is -2.32. The van der Waals surface area contributed by atoms with Gasteiger partial charge in [-0.1, -0.05) is 13.8 Å². The molecule has 2 aromatic rings. The summed E-state index contributed by atoms with van der Waals surface area (Å²) in [6.45, 7) is 6.54. The Labute approximate surface area is 160 Å². The van der Waals surface area contributed by atoms with Gasteiger partial charge in [0.05, 0.1) is 18.7 Å². The largest absolute Gasteiger partial charge is 0.497 e. The number of piperidine rings is 1. The maximum Gasteiger partial charge on any atom is 0.224 e. The Morgan fingerprint density at radius 3 is 2.63 bits per heavy atom. The van der Waals surface area contributed by atoms with Crippen LogP contribution in [0, 0.1) is 11.8 Å². The topological polar surface area (TPSA) is 67.3 Å². The van der Waals surface area contributed by atoms with E-state index < -0.39 is 0 Å². The molecule has 27 heavy (non-hydrogen) atoms. The molecule has 6 nitrogen and oxygen atoms in total. The first kappa shape index (κ1) is 19.1. The van der Waals surface area contributed by atoms with Crippen LogP contribution in [0.1, 0.15) is 26.7 Å². The number of methoxy groups -OCH3 is 1. The molecular formula is C21H28N4O2. The summed E-state index contributed by atoms with van der Waals surface area (Å²) in [4.78, 5) is 14.5. The van der Waals surface area contributed by atoms with Gasteiger partial charge in [-0.2, -0.15) is 0 Å². The van der Waals surface area contributed by atoms with Crippen LogP contribution in [-0.2, 0) is 4.79 Å². The number of aromatic nitrogens is 2. The highest BCUT2D eigenvalue weighted by Crippen LogP contribution is 2.24. The van der Waals surface area contributed by atoms with Crippen molar-refractivity contribution in [3.8, 4) is 17.0 Å². The van der Waals surface area contributed by atoms with Gasteiger partial charge in [-0.15, -0.1) is 10.2 Å². The van der Waals surface area contributed by atoms with Crippen molar-refractivity contribution in [2.45, 2.75) is 26.7 Å². The third-order valence-electron chi connectivity index (χ3n) is 4.84. The van der Waals surface area contributed by atoms with Gasteiger partial charge in [0, 0.05) is 25.2 Å². The van der Waals surface area contributed by atoms with E-state index in [9.17, 15) is 4.79 Å². The molecule has 144 valence electrons. The molecule has 1 aromatic heterocycles. The number of ether oxygens (including phenoxy) is 1. The molecular weight excluding hydrogens is 340 g/mol. The fourth-order valence-electron chi connectivity index (χ4n) is 3.26. The molecule has 1 saturated heterocycles. The number of benzene rings is 1. The van der Waals surface area contributed by atoms with E-state index in [4.69, 9.17) is 4.74 Å². The van der Waals surface area contributed by atoms with Crippen LogP contribution in [0.3, 0.4) is 0 Å². The lowest BCUT2D eigenvalue weighted by Crippen LogP contribution is -2.44.